The molecule has 0 saturated carbocycles. The SMILES string of the molecule is CN(COC=O)N=Nc1ccccc1F. The third-order valence-corrected chi connectivity index (χ3v) is 1.49. The summed E-state index contributed by atoms with van der Waals surface area (Å²) in [4.78, 5) is 9.86. The maximum absolute atomic E-state index is 13.0. The molecule has 5 nitrogen and oxygen atoms in total. The average Bonchev–Trinajstić information content (AvgIpc) is 2.25. The molecule has 0 bridgehead atoms. The summed E-state index contributed by atoms with van der Waals surface area (Å²) in [5, 5.41) is 8.53. The summed E-state index contributed by atoms with van der Waals surface area (Å²) in [6, 6.07) is 6.00. The number of nitrogens with zero attached hydrogens (tertiary/aromatic N) is 3. The molecule has 0 heterocycles. The van der Waals surface area contributed by atoms with Gasteiger partial charge in [0.2, 0.25) is 0 Å². The first-order chi connectivity index (χ1) is 7.24. The van der Waals surface area contributed by atoms with E-state index in [1.807, 2.05) is 0 Å². The summed E-state index contributed by atoms with van der Waals surface area (Å²) in [6.07, 6.45) is 0. The topological polar surface area (TPSA) is 54.3 Å². The molecular formula is C9H10FN3O2. The minimum absolute atomic E-state index is 0.0263. The molecule has 0 aromatic heterocycles. The molecule has 0 aliphatic heterocycles. The number of hydrogen-bond donors (Lipinski definition) is 0. The number of benzene rings is 1. The first-order valence-corrected chi connectivity index (χ1v) is 4.16. The predicted octanol–water partition coefficient (Wildman–Crippen LogP) is 1.89. The van der Waals surface area contributed by atoms with E-state index in [1.165, 1.54) is 17.1 Å². The predicted molar refractivity (Wildman–Crippen MR) is 50.7 cm³/mol. The minimum atomic E-state index is -0.453. The van der Waals surface area contributed by atoms with Gasteiger partial charge in [-0.15, -0.1) is 5.11 Å². The second-order valence-corrected chi connectivity index (χ2v) is 2.69. The van der Waals surface area contributed by atoms with E-state index in [1.54, 1.807) is 19.2 Å². The molecule has 0 spiro atoms. The normalized spacial score (nSPS) is 10.3. The van der Waals surface area contributed by atoms with Gasteiger partial charge < -0.3 is 4.74 Å². The van der Waals surface area contributed by atoms with Crippen molar-refractivity contribution in [2.45, 2.75) is 0 Å². The number of carbonyl (C=O) groups is 1. The zero-order valence-corrected chi connectivity index (χ0v) is 8.13. The smallest absolute Gasteiger partial charge is 0.294 e. The van der Waals surface area contributed by atoms with Crippen molar-refractivity contribution < 1.29 is 13.9 Å². The van der Waals surface area contributed by atoms with Crippen molar-refractivity contribution in [1.82, 2.24) is 5.01 Å². The lowest BCUT2D eigenvalue weighted by Crippen LogP contribution is -2.13. The fraction of sp³-hybridized carbons (Fsp3) is 0.222. The maximum atomic E-state index is 13.0. The highest BCUT2D eigenvalue weighted by Crippen LogP contribution is 2.16. The molecule has 0 saturated heterocycles. The van der Waals surface area contributed by atoms with Crippen molar-refractivity contribution in [3.05, 3.63) is 30.1 Å². The second-order valence-electron chi connectivity index (χ2n) is 2.69. The van der Waals surface area contributed by atoms with E-state index in [0.717, 1.165) is 0 Å². The Morgan fingerprint density at radius 3 is 2.93 bits per heavy atom. The van der Waals surface area contributed by atoms with Crippen LogP contribution in [0.15, 0.2) is 34.6 Å². The van der Waals surface area contributed by atoms with Crippen molar-refractivity contribution in [2.75, 3.05) is 13.8 Å². The van der Waals surface area contributed by atoms with Crippen LogP contribution < -0.4 is 0 Å². The van der Waals surface area contributed by atoms with Crippen molar-refractivity contribution in [1.29, 1.82) is 0 Å². The molecule has 0 N–H and O–H groups in total. The van der Waals surface area contributed by atoms with Crippen LogP contribution in [-0.2, 0) is 9.53 Å². The van der Waals surface area contributed by atoms with Gasteiger partial charge in [0.05, 0.1) is 0 Å². The Morgan fingerprint density at radius 2 is 2.27 bits per heavy atom. The standard InChI is InChI=1S/C9H10FN3O2/c1-13(6-15-7-14)12-11-9-5-3-2-4-8(9)10/h2-5,7H,6H2,1H3. The summed E-state index contributed by atoms with van der Waals surface area (Å²) in [5.41, 5.74) is 0.135. The van der Waals surface area contributed by atoms with Crippen LogP contribution in [0.2, 0.25) is 0 Å². The Balaban J connectivity index is 2.57. The van der Waals surface area contributed by atoms with Crippen LogP contribution in [0.3, 0.4) is 0 Å². The number of halogens is 1. The number of rotatable bonds is 5. The Labute approximate surface area is 86.1 Å². The molecule has 1 aromatic rings. The van der Waals surface area contributed by atoms with Gasteiger partial charge in [-0.25, -0.2) is 9.40 Å². The molecule has 6 heteroatoms. The summed E-state index contributed by atoms with van der Waals surface area (Å²) in [5.74, 6) is -0.453. The monoisotopic (exact) mass is 211 g/mol. The molecule has 1 rings (SSSR count). The lowest BCUT2D eigenvalue weighted by molar-refractivity contribution is -0.132. The highest BCUT2D eigenvalue weighted by atomic mass is 19.1. The molecule has 80 valence electrons. The first-order valence-electron chi connectivity index (χ1n) is 4.16. The van der Waals surface area contributed by atoms with Crippen molar-refractivity contribution in [2.24, 2.45) is 10.3 Å². The number of ether oxygens (including phenoxy) is 1. The van der Waals surface area contributed by atoms with Gasteiger partial charge in [-0.2, -0.15) is 0 Å². The van der Waals surface area contributed by atoms with Gasteiger partial charge in [0, 0.05) is 7.05 Å². The van der Waals surface area contributed by atoms with Crippen LogP contribution >= 0.6 is 0 Å². The molecule has 1 aromatic carbocycles. The number of hydrogen-bond acceptors (Lipinski definition) is 4. The third kappa shape index (κ3) is 3.72. The van der Waals surface area contributed by atoms with Crippen LogP contribution in [0.5, 0.6) is 0 Å². The molecule has 0 amide bonds. The Morgan fingerprint density at radius 1 is 1.53 bits per heavy atom. The molecule has 0 unspecified atom stereocenters. The van der Waals surface area contributed by atoms with Gasteiger partial charge in [0.25, 0.3) is 6.47 Å². The van der Waals surface area contributed by atoms with E-state index in [0.29, 0.717) is 6.47 Å². The molecule has 0 aliphatic rings. The molecule has 0 aliphatic carbocycles. The highest BCUT2D eigenvalue weighted by Gasteiger charge is 1.98. The van der Waals surface area contributed by atoms with Crippen molar-refractivity contribution in [3.63, 3.8) is 0 Å². The summed E-state index contributed by atoms with van der Waals surface area (Å²) in [7, 11) is 1.55. The largest absolute Gasteiger partial charge is 0.445 e. The molecule has 0 fully saturated rings. The Bertz CT molecular complexity index is 357. The zero-order chi connectivity index (χ0) is 11.1. The van der Waals surface area contributed by atoms with E-state index in [-0.39, 0.29) is 12.4 Å². The summed E-state index contributed by atoms with van der Waals surface area (Å²) >= 11 is 0. The van der Waals surface area contributed by atoms with Gasteiger partial charge in [0.15, 0.2) is 12.5 Å². The van der Waals surface area contributed by atoms with Crippen molar-refractivity contribution >= 4 is 12.2 Å². The highest BCUT2D eigenvalue weighted by molar-refractivity contribution is 5.37. The Hall–Kier alpha value is -1.98. The molecule has 0 atom stereocenters. The van der Waals surface area contributed by atoms with Crippen LogP contribution in [0, 0.1) is 5.82 Å². The third-order valence-electron chi connectivity index (χ3n) is 1.49. The van der Waals surface area contributed by atoms with Gasteiger partial charge in [0.1, 0.15) is 5.69 Å². The van der Waals surface area contributed by atoms with Crippen LogP contribution in [0.4, 0.5) is 10.1 Å². The lowest BCUT2D eigenvalue weighted by Gasteiger charge is -2.08. The second kappa shape index (κ2) is 5.69. The Kier molecular flexibility index (Phi) is 4.21. The van der Waals surface area contributed by atoms with E-state index >= 15 is 0 Å². The minimum Gasteiger partial charge on any atom is -0.445 e. The first kappa shape index (κ1) is 11.1. The molecule has 15 heavy (non-hydrogen) atoms. The van der Waals surface area contributed by atoms with Crippen molar-refractivity contribution in [3.8, 4) is 0 Å². The maximum Gasteiger partial charge on any atom is 0.294 e. The van der Waals surface area contributed by atoms with Gasteiger partial charge in [-0.1, -0.05) is 17.4 Å². The number of carbonyl (C=O) groups excluding carboxylic acids is 1. The summed E-state index contributed by atoms with van der Waals surface area (Å²) < 4.78 is 17.4. The quantitative estimate of drug-likeness (QED) is 0.323. The van der Waals surface area contributed by atoms with E-state index in [2.05, 4.69) is 15.1 Å². The molecular weight excluding hydrogens is 201 g/mol. The van der Waals surface area contributed by atoms with E-state index < -0.39 is 5.82 Å². The fourth-order valence-corrected chi connectivity index (χ4v) is 0.821. The van der Waals surface area contributed by atoms with Gasteiger partial charge >= 0.3 is 0 Å². The van der Waals surface area contributed by atoms with Gasteiger partial charge in [-0.3, -0.25) is 4.79 Å². The van der Waals surface area contributed by atoms with E-state index in [9.17, 15) is 9.18 Å². The average molecular weight is 211 g/mol. The fourth-order valence-electron chi connectivity index (χ4n) is 0.821. The van der Waals surface area contributed by atoms with Crippen LogP contribution in [0.25, 0.3) is 0 Å². The lowest BCUT2D eigenvalue weighted by atomic mass is 10.3. The molecule has 0 radical (unpaired) electrons. The van der Waals surface area contributed by atoms with Gasteiger partial charge in [-0.05, 0) is 12.1 Å². The van der Waals surface area contributed by atoms with Crippen LogP contribution in [0.1, 0.15) is 0 Å². The zero-order valence-electron chi connectivity index (χ0n) is 8.13. The summed E-state index contributed by atoms with van der Waals surface area (Å²) in [6.45, 7) is 0.274. The van der Waals surface area contributed by atoms with Crippen LogP contribution in [-0.4, -0.2) is 25.3 Å². The van der Waals surface area contributed by atoms with E-state index in [4.69, 9.17) is 0 Å².